The molecule has 1 N–H and O–H groups in total. The summed E-state index contributed by atoms with van der Waals surface area (Å²) in [4.78, 5) is 1.92. The van der Waals surface area contributed by atoms with Crippen LogP contribution in [0, 0.1) is 5.92 Å². The van der Waals surface area contributed by atoms with E-state index < -0.39 is 12.1 Å². The van der Waals surface area contributed by atoms with Crippen LogP contribution in [-0.2, 0) is 0 Å². The molecule has 2 nitrogen and oxygen atoms in total. The second-order valence-electron chi connectivity index (χ2n) is 6.58. The monoisotopic (exact) mass is 266 g/mol. The van der Waals surface area contributed by atoms with Crippen LogP contribution in [0.2, 0.25) is 0 Å². The fraction of sp³-hybridized carbons (Fsp3) is 1.00. The van der Waals surface area contributed by atoms with Gasteiger partial charge in [-0.1, -0.05) is 0 Å². The second-order valence-corrected chi connectivity index (χ2v) is 6.58. The Morgan fingerprint density at radius 2 is 1.61 bits per heavy atom. The third-order valence-corrected chi connectivity index (χ3v) is 3.56. The summed E-state index contributed by atoms with van der Waals surface area (Å²) < 4.78 is 38.4. The van der Waals surface area contributed by atoms with E-state index in [0.29, 0.717) is 6.42 Å². The van der Waals surface area contributed by atoms with E-state index in [1.54, 1.807) is 0 Å². The molecule has 0 aromatic carbocycles. The predicted molar refractivity (Wildman–Crippen MR) is 67.5 cm³/mol. The van der Waals surface area contributed by atoms with E-state index in [1.165, 1.54) is 0 Å². The Morgan fingerprint density at radius 3 is 2.00 bits per heavy atom. The predicted octanol–water partition coefficient (Wildman–Crippen LogP) is 3.04. The van der Waals surface area contributed by atoms with Crippen LogP contribution < -0.4 is 5.32 Å². The number of halogens is 3. The summed E-state index contributed by atoms with van der Waals surface area (Å²) >= 11 is 0. The van der Waals surface area contributed by atoms with Crippen molar-refractivity contribution in [1.82, 2.24) is 10.2 Å². The van der Waals surface area contributed by atoms with Gasteiger partial charge in [0.2, 0.25) is 0 Å². The fourth-order valence-electron chi connectivity index (χ4n) is 2.74. The van der Waals surface area contributed by atoms with E-state index in [0.717, 1.165) is 0 Å². The van der Waals surface area contributed by atoms with Gasteiger partial charge in [-0.05, 0) is 54.1 Å². The molecule has 0 radical (unpaired) electrons. The number of nitrogens with one attached hydrogen (secondary N) is 1. The fourth-order valence-corrected chi connectivity index (χ4v) is 2.74. The molecule has 0 spiro atoms. The number of nitrogens with zero attached hydrogens (tertiary/aromatic N) is 1. The third-order valence-electron chi connectivity index (χ3n) is 3.56. The first kappa shape index (κ1) is 15.8. The van der Waals surface area contributed by atoms with Gasteiger partial charge in [0.15, 0.2) is 0 Å². The molecule has 0 bridgehead atoms. The van der Waals surface area contributed by atoms with Gasteiger partial charge in [0.25, 0.3) is 0 Å². The number of hydrogen-bond donors (Lipinski definition) is 1. The van der Waals surface area contributed by atoms with Crippen LogP contribution in [0.5, 0.6) is 0 Å². The van der Waals surface area contributed by atoms with Crippen molar-refractivity contribution in [2.45, 2.75) is 63.8 Å². The molecule has 3 atom stereocenters. The molecule has 18 heavy (non-hydrogen) atoms. The van der Waals surface area contributed by atoms with Gasteiger partial charge in [0.05, 0.1) is 5.92 Å². The van der Waals surface area contributed by atoms with Gasteiger partial charge in [-0.25, -0.2) is 0 Å². The van der Waals surface area contributed by atoms with Gasteiger partial charge < -0.3 is 10.2 Å². The maximum absolute atomic E-state index is 12.8. The lowest BCUT2D eigenvalue weighted by Crippen LogP contribution is -2.57. The van der Waals surface area contributed by atoms with Crippen LogP contribution in [0.3, 0.4) is 0 Å². The highest BCUT2D eigenvalue weighted by molar-refractivity contribution is 4.94. The lowest BCUT2D eigenvalue weighted by Gasteiger charge is -2.43. The molecule has 1 saturated carbocycles. The Labute approximate surface area is 108 Å². The summed E-state index contributed by atoms with van der Waals surface area (Å²) in [6, 6.07) is 0.0863. The van der Waals surface area contributed by atoms with Crippen molar-refractivity contribution in [3.63, 3.8) is 0 Å². The van der Waals surface area contributed by atoms with E-state index >= 15 is 0 Å². The molecule has 108 valence electrons. The van der Waals surface area contributed by atoms with Gasteiger partial charge >= 0.3 is 6.18 Å². The maximum atomic E-state index is 12.8. The summed E-state index contributed by atoms with van der Waals surface area (Å²) in [5.74, 6) is -1.15. The first-order valence-electron chi connectivity index (χ1n) is 6.51. The summed E-state index contributed by atoms with van der Waals surface area (Å²) in [5.41, 5.74) is -0.0655. The van der Waals surface area contributed by atoms with Crippen LogP contribution >= 0.6 is 0 Å². The number of hydrogen-bond acceptors (Lipinski definition) is 2. The molecule has 0 aliphatic heterocycles. The van der Waals surface area contributed by atoms with Gasteiger partial charge in [0.1, 0.15) is 0 Å². The molecule has 0 unspecified atom stereocenters. The average molecular weight is 266 g/mol. The number of rotatable bonds is 2. The molecular formula is C13H25F3N2. The zero-order chi connectivity index (χ0) is 14.1. The molecule has 0 aromatic rings. The normalized spacial score (nSPS) is 30.8. The summed E-state index contributed by atoms with van der Waals surface area (Å²) in [6.07, 6.45) is -3.03. The van der Waals surface area contributed by atoms with Crippen LogP contribution in [0.4, 0.5) is 13.2 Å². The van der Waals surface area contributed by atoms with Crippen LogP contribution in [0.15, 0.2) is 0 Å². The number of likely N-dealkylation sites (N-methyl/N-ethyl adjacent to an activating group) is 1. The molecule has 5 heteroatoms. The molecule has 0 aromatic heterocycles. The Hall–Kier alpha value is -0.290. The first-order valence-corrected chi connectivity index (χ1v) is 6.51. The van der Waals surface area contributed by atoms with Gasteiger partial charge in [0, 0.05) is 17.6 Å². The third kappa shape index (κ3) is 4.43. The lowest BCUT2D eigenvalue weighted by atomic mass is 9.80. The summed E-state index contributed by atoms with van der Waals surface area (Å²) in [7, 11) is 3.72. The van der Waals surface area contributed by atoms with Crippen LogP contribution in [-0.4, -0.2) is 42.8 Å². The van der Waals surface area contributed by atoms with E-state index in [1.807, 2.05) is 19.0 Å². The first-order chi connectivity index (χ1) is 8.00. The quantitative estimate of drug-likeness (QED) is 0.826. The summed E-state index contributed by atoms with van der Waals surface area (Å²) in [6.45, 7) is 6.15. The van der Waals surface area contributed by atoms with Crippen molar-refractivity contribution < 1.29 is 13.2 Å². The Kier molecular flexibility index (Phi) is 4.70. The Balaban J connectivity index is 2.73. The molecule has 0 saturated heterocycles. The van der Waals surface area contributed by atoms with Crippen LogP contribution in [0.1, 0.15) is 40.0 Å². The highest BCUT2D eigenvalue weighted by Crippen LogP contribution is 2.39. The van der Waals surface area contributed by atoms with E-state index in [2.05, 4.69) is 26.1 Å². The highest BCUT2D eigenvalue weighted by atomic mass is 19.4. The number of alkyl halides is 3. The molecule has 1 aliphatic rings. The lowest BCUT2D eigenvalue weighted by molar-refractivity contribution is -0.187. The largest absolute Gasteiger partial charge is 0.391 e. The highest BCUT2D eigenvalue weighted by Gasteiger charge is 2.45. The SMILES string of the molecule is CN(C)[C@@H]1C[C@H](C(F)(F)F)CC[C@H]1NC(C)(C)C. The molecule has 1 fully saturated rings. The minimum atomic E-state index is -4.05. The van der Waals surface area contributed by atoms with Gasteiger partial charge in [-0.15, -0.1) is 0 Å². The zero-order valence-corrected chi connectivity index (χ0v) is 11.9. The Bertz CT molecular complexity index is 268. The van der Waals surface area contributed by atoms with Crippen LogP contribution in [0.25, 0.3) is 0 Å². The standard InChI is InChI=1S/C13H25F3N2/c1-12(2,3)17-10-7-6-9(13(14,15)16)8-11(10)18(4)5/h9-11,17H,6-8H2,1-5H3/t9-,10-,11-/m1/s1. The van der Waals surface area contributed by atoms with E-state index in [9.17, 15) is 13.2 Å². The summed E-state index contributed by atoms with van der Waals surface area (Å²) in [5, 5.41) is 3.45. The van der Waals surface area contributed by atoms with Crippen molar-refractivity contribution >= 4 is 0 Å². The minimum absolute atomic E-state index is 0.0513. The van der Waals surface area contributed by atoms with Crippen molar-refractivity contribution in [2.24, 2.45) is 5.92 Å². The maximum Gasteiger partial charge on any atom is 0.391 e. The van der Waals surface area contributed by atoms with E-state index in [4.69, 9.17) is 0 Å². The molecular weight excluding hydrogens is 241 g/mol. The molecule has 1 aliphatic carbocycles. The van der Waals surface area contributed by atoms with Crippen molar-refractivity contribution in [2.75, 3.05) is 14.1 Å². The van der Waals surface area contributed by atoms with Crippen molar-refractivity contribution in [3.05, 3.63) is 0 Å². The molecule has 1 rings (SSSR count). The van der Waals surface area contributed by atoms with Crippen molar-refractivity contribution in [1.29, 1.82) is 0 Å². The smallest absolute Gasteiger partial charge is 0.308 e. The zero-order valence-electron chi connectivity index (χ0n) is 11.9. The minimum Gasteiger partial charge on any atom is -0.308 e. The van der Waals surface area contributed by atoms with E-state index in [-0.39, 0.29) is 30.5 Å². The Morgan fingerprint density at radius 1 is 1.06 bits per heavy atom. The molecule has 0 amide bonds. The average Bonchev–Trinajstić information content (AvgIpc) is 2.13. The topological polar surface area (TPSA) is 15.3 Å². The van der Waals surface area contributed by atoms with Gasteiger partial charge in [-0.2, -0.15) is 13.2 Å². The second kappa shape index (κ2) is 5.37. The van der Waals surface area contributed by atoms with Crippen molar-refractivity contribution in [3.8, 4) is 0 Å². The molecule has 0 heterocycles. The van der Waals surface area contributed by atoms with Gasteiger partial charge in [-0.3, -0.25) is 0 Å².